The molecule has 1 atom stereocenters. The van der Waals surface area contributed by atoms with Crippen molar-refractivity contribution in [3.63, 3.8) is 0 Å². The Kier molecular flexibility index (Phi) is 5.16. The number of imidazole rings is 1. The lowest BCUT2D eigenvalue weighted by atomic mass is 10.3. The van der Waals surface area contributed by atoms with Gasteiger partial charge in [-0.2, -0.15) is 0 Å². The Labute approximate surface area is 141 Å². The fourth-order valence-corrected chi connectivity index (χ4v) is 4.42. The number of H-pyrrole nitrogens is 1. The van der Waals surface area contributed by atoms with Gasteiger partial charge in [-0.3, -0.25) is 0 Å². The maximum atomic E-state index is 6.07. The van der Waals surface area contributed by atoms with Crippen LogP contribution in [0.25, 0.3) is 11.0 Å². The summed E-state index contributed by atoms with van der Waals surface area (Å²) in [4.78, 5) is 10.6. The average Bonchev–Trinajstić information content (AvgIpc) is 2.95. The first-order valence-corrected chi connectivity index (χ1v) is 9.31. The van der Waals surface area contributed by atoms with E-state index >= 15 is 0 Å². The molecule has 2 N–H and O–H groups in total. The first-order chi connectivity index (χ1) is 10.7. The van der Waals surface area contributed by atoms with Gasteiger partial charge in [-0.15, -0.1) is 11.8 Å². The summed E-state index contributed by atoms with van der Waals surface area (Å²) in [6, 6.07) is 5.81. The van der Waals surface area contributed by atoms with E-state index in [1.54, 1.807) is 0 Å². The third-order valence-corrected chi connectivity index (χ3v) is 6.18. The summed E-state index contributed by atoms with van der Waals surface area (Å²) >= 11 is 8.13. The van der Waals surface area contributed by atoms with Crippen LogP contribution in [-0.2, 0) is 0 Å². The number of nitrogens with zero attached hydrogens (tertiary/aromatic N) is 2. The standard InChI is InChI=1S/C16H23ClN4S/c1-3-12(4-2)22-15-10-18-7-8-21(15)16-19-13-6-5-11(17)9-14(13)20-16/h5-6,9,12,15,18H,3-4,7-8,10H2,1-2H3,(H,19,20). The van der Waals surface area contributed by atoms with Crippen molar-refractivity contribution in [1.82, 2.24) is 15.3 Å². The highest BCUT2D eigenvalue weighted by Gasteiger charge is 2.27. The molecule has 2 heterocycles. The van der Waals surface area contributed by atoms with Crippen LogP contribution in [0.2, 0.25) is 5.02 Å². The largest absolute Gasteiger partial charge is 0.328 e. The number of nitrogens with one attached hydrogen (secondary N) is 2. The molecule has 0 saturated carbocycles. The van der Waals surface area contributed by atoms with Crippen molar-refractivity contribution in [1.29, 1.82) is 0 Å². The number of thioether (sulfide) groups is 1. The molecule has 1 fully saturated rings. The maximum absolute atomic E-state index is 6.07. The lowest BCUT2D eigenvalue weighted by Crippen LogP contribution is -2.50. The van der Waals surface area contributed by atoms with Crippen molar-refractivity contribution >= 4 is 40.3 Å². The fraction of sp³-hybridized carbons (Fsp3) is 0.562. The molecular weight excluding hydrogens is 316 g/mol. The quantitative estimate of drug-likeness (QED) is 0.868. The SMILES string of the molecule is CCC(CC)SC1CNCCN1c1nc2ccc(Cl)cc2[nH]1. The highest BCUT2D eigenvalue weighted by molar-refractivity contribution is 8.00. The minimum atomic E-state index is 0.426. The molecule has 1 unspecified atom stereocenters. The van der Waals surface area contributed by atoms with Gasteiger partial charge in [-0.1, -0.05) is 25.4 Å². The lowest BCUT2D eigenvalue weighted by Gasteiger charge is -2.37. The molecule has 1 aromatic heterocycles. The van der Waals surface area contributed by atoms with Crippen molar-refractivity contribution in [2.45, 2.75) is 37.3 Å². The van der Waals surface area contributed by atoms with Crippen molar-refractivity contribution < 1.29 is 0 Å². The number of aromatic nitrogens is 2. The normalized spacial score (nSPS) is 19.3. The van der Waals surface area contributed by atoms with Gasteiger partial charge in [0.05, 0.1) is 16.4 Å². The van der Waals surface area contributed by atoms with Crippen LogP contribution in [0.4, 0.5) is 5.95 Å². The number of aromatic amines is 1. The van der Waals surface area contributed by atoms with Crippen LogP contribution in [0.15, 0.2) is 18.2 Å². The number of fused-ring (bicyclic) bond motifs is 1. The van der Waals surface area contributed by atoms with Gasteiger partial charge in [0, 0.05) is 29.9 Å². The van der Waals surface area contributed by atoms with E-state index in [2.05, 4.69) is 40.8 Å². The van der Waals surface area contributed by atoms with E-state index in [4.69, 9.17) is 16.6 Å². The molecule has 3 rings (SSSR count). The number of piperazine rings is 1. The van der Waals surface area contributed by atoms with Crippen LogP contribution in [0, 0.1) is 0 Å². The molecule has 1 aromatic carbocycles. The third kappa shape index (κ3) is 3.36. The first kappa shape index (κ1) is 16.0. The van der Waals surface area contributed by atoms with E-state index in [1.165, 1.54) is 12.8 Å². The molecule has 2 aromatic rings. The van der Waals surface area contributed by atoms with Crippen molar-refractivity contribution in [2.24, 2.45) is 0 Å². The molecule has 120 valence electrons. The summed E-state index contributed by atoms with van der Waals surface area (Å²) in [6.45, 7) is 7.51. The van der Waals surface area contributed by atoms with Gasteiger partial charge < -0.3 is 15.2 Å². The minimum absolute atomic E-state index is 0.426. The minimum Gasteiger partial charge on any atom is -0.328 e. The predicted octanol–water partition coefficient (Wildman–Crippen LogP) is 3.87. The predicted molar refractivity (Wildman–Crippen MR) is 97.1 cm³/mol. The first-order valence-electron chi connectivity index (χ1n) is 7.99. The monoisotopic (exact) mass is 338 g/mol. The maximum Gasteiger partial charge on any atom is 0.204 e. The molecule has 0 aliphatic carbocycles. The van der Waals surface area contributed by atoms with Crippen molar-refractivity contribution in [3.05, 3.63) is 23.2 Å². The smallest absolute Gasteiger partial charge is 0.204 e. The van der Waals surface area contributed by atoms with Crippen LogP contribution in [0.1, 0.15) is 26.7 Å². The molecule has 6 heteroatoms. The third-order valence-electron chi connectivity index (χ3n) is 4.16. The number of halogens is 1. The van der Waals surface area contributed by atoms with Gasteiger partial charge in [0.2, 0.25) is 5.95 Å². The van der Waals surface area contributed by atoms with Gasteiger partial charge in [0.15, 0.2) is 0 Å². The second-order valence-electron chi connectivity index (χ2n) is 5.65. The topological polar surface area (TPSA) is 44.0 Å². The van der Waals surface area contributed by atoms with Gasteiger partial charge >= 0.3 is 0 Å². The summed E-state index contributed by atoms with van der Waals surface area (Å²) < 4.78 is 0. The van der Waals surface area contributed by atoms with E-state index in [9.17, 15) is 0 Å². The number of anilines is 1. The zero-order chi connectivity index (χ0) is 15.5. The molecule has 0 bridgehead atoms. The van der Waals surface area contributed by atoms with E-state index in [1.807, 2.05) is 18.2 Å². The average molecular weight is 339 g/mol. The van der Waals surface area contributed by atoms with Gasteiger partial charge in [-0.25, -0.2) is 4.98 Å². The molecule has 0 amide bonds. The molecule has 0 radical (unpaired) electrons. The number of benzene rings is 1. The Morgan fingerprint density at radius 2 is 2.23 bits per heavy atom. The Morgan fingerprint density at radius 3 is 3.00 bits per heavy atom. The Hall–Kier alpha value is -0.910. The van der Waals surface area contributed by atoms with Gasteiger partial charge in [0.25, 0.3) is 0 Å². The summed E-state index contributed by atoms with van der Waals surface area (Å²) in [5.41, 5.74) is 1.98. The Balaban J connectivity index is 1.85. The molecule has 0 spiro atoms. The number of hydrogen-bond acceptors (Lipinski definition) is 4. The summed E-state index contributed by atoms with van der Waals surface area (Å²) in [6.07, 6.45) is 2.42. The molecule has 4 nitrogen and oxygen atoms in total. The fourth-order valence-electron chi connectivity index (χ4n) is 2.85. The van der Waals surface area contributed by atoms with Crippen LogP contribution in [0.3, 0.4) is 0 Å². The van der Waals surface area contributed by atoms with Crippen molar-refractivity contribution in [3.8, 4) is 0 Å². The lowest BCUT2D eigenvalue weighted by molar-refractivity contribution is 0.554. The number of rotatable bonds is 5. The van der Waals surface area contributed by atoms with E-state index in [-0.39, 0.29) is 0 Å². The van der Waals surface area contributed by atoms with Crippen molar-refractivity contribution in [2.75, 3.05) is 24.5 Å². The second-order valence-corrected chi connectivity index (χ2v) is 7.57. The van der Waals surface area contributed by atoms with E-state index < -0.39 is 0 Å². The zero-order valence-electron chi connectivity index (χ0n) is 13.1. The zero-order valence-corrected chi connectivity index (χ0v) is 14.7. The molecular formula is C16H23ClN4S. The second kappa shape index (κ2) is 7.11. The van der Waals surface area contributed by atoms with Gasteiger partial charge in [-0.05, 0) is 31.0 Å². The summed E-state index contributed by atoms with van der Waals surface area (Å²) in [5, 5.41) is 5.37. The van der Waals surface area contributed by atoms with Crippen LogP contribution < -0.4 is 10.2 Å². The van der Waals surface area contributed by atoms with E-state index in [0.717, 1.165) is 41.6 Å². The Bertz CT molecular complexity index is 626. The van der Waals surface area contributed by atoms with Crippen LogP contribution in [-0.4, -0.2) is 40.2 Å². The van der Waals surface area contributed by atoms with Gasteiger partial charge in [0.1, 0.15) is 0 Å². The molecule has 22 heavy (non-hydrogen) atoms. The molecule has 1 aliphatic rings. The molecule has 1 aliphatic heterocycles. The van der Waals surface area contributed by atoms with E-state index in [0.29, 0.717) is 10.6 Å². The number of hydrogen-bond donors (Lipinski definition) is 2. The highest BCUT2D eigenvalue weighted by Crippen LogP contribution is 2.30. The summed E-state index contributed by atoms with van der Waals surface area (Å²) in [7, 11) is 0. The van der Waals surface area contributed by atoms with Crippen LogP contribution >= 0.6 is 23.4 Å². The highest BCUT2D eigenvalue weighted by atomic mass is 35.5. The molecule has 1 saturated heterocycles. The summed E-state index contributed by atoms with van der Waals surface area (Å²) in [5.74, 6) is 0.960. The van der Waals surface area contributed by atoms with Crippen LogP contribution in [0.5, 0.6) is 0 Å². The Morgan fingerprint density at radius 1 is 1.41 bits per heavy atom.